The summed E-state index contributed by atoms with van der Waals surface area (Å²) in [5.74, 6) is -0.987. The summed E-state index contributed by atoms with van der Waals surface area (Å²) in [4.78, 5) is 20.6. The van der Waals surface area contributed by atoms with Gasteiger partial charge in [0.1, 0.15) is 11.8 Å². The molecule has 0 aromatic carbocycles. The van der Waals surface area contributed by atoms with Gasteiger partial charge in [-0.05, 0) is 19.9 Å². The Hall–Kier alpha value is -0.940. The molecule has 5 nitrogen and oxygen atoms in total. The van der Waals surface area contributed by atoms with Crippen LogP contribution in [0.15, 0.2) is 0 Å². The van der Waals surface area contributed by atoms with E-state index < -0.39 is 12.0 Å². The Balaban J connectivity index is 3.31. The van der Waals surface area contributed by atoms with Gasteiger partial charge in [0, 0.05) is 0 Å². The Morgan fingerprint density at radius 3 is 2.58 bits per heavy atom. The fourth-order valence-electron chi connectivity index (χ4n) is 0.645. The summed E-state index contributed by atoms with van der Waals surface area (Å²) in [6, 6.07) is -0.843. The Morgan fingerprint density at radius 2 is 2.17 bits per heavy atom. The molecule has 0 rings (SSSR count). The molecule has 0 bridgehead atoms. The zero-order valence-electron chi connectivity index (χ0n) is 7.04. The van der Waals surface area contributed by atoms with Crippen molar-refractivity contribution in [2.45, 2.75) is 19.4 Å². The van der Waals surface area contributed by atoms with E-state index in [2.05, 4.69) is 5.32 Å². The number of nitrogens with two attached hydrogens (primary N) is 1. The van der Waals surface area contributed by atoms with Crippen LogP contribution in [0.4, 0.5) is 0 Å². The summed E-state index contributed by atoms with van der Waals surface area (Å²) < 4.78 is 0. The maximum Gasteiger partial charge on any atom is 0.320 e. The number of hydrogen-bond acceptors (Lipinski definition) is 4. The average Bonchev–Trinajstić information content (AvgIpc) is 1.97. The van der Waals surface area contributed by atoms with E-state index in [4.69, 9.17) is 10.8 Å². The van der Waals surface area contributed by atoms with Crippen LogP contribution in [-0.2, 0) is 9.59 Å². The molecule has 0 aromatic heterocycles. The van der Waals surface area contributed by atoms with E-state index in [9.17, 15) is 9.59 Å². The minimum absolute atomic E-state index is 0.0268. The van der Waals surface area contributed by atoms with Crippen LogP contribution in [0.3, 0.4) is 0 Å². The van der Waals surface area contributed by atoms with Crippen molar-refractivity contribution in [3.8, 4) is 0 Å². The molecule has 0 spiro atoms. The van der Waals surface area contributed by atoms with Gasteiger partial charge in [0.25, 0.3) is 0 Å². The van der Waals surface area contributed by atoms with E-state index in [-0.39, 0.29) is 12.3 Å². The third-order valence-electron chi connectivity index (χ3n) is 1.32. The summed E-state index contributed by atoms with van der Waals surface area (Å²) in [5.41, 5.74) is 5.21. The number of carbonyl (C=O) groups is 2. The van der Waals surface area contributed by atoms with Crippen LogP contribution < -0.4 is 11.1 Å². The first kappa shape index (κ1) is 11.1. The zero-order chi connectivity index (χ0) is 9.56. The Bertz CT molecular complexity index is 170. The van der Waals surface area contributed by atoms with E-state index in [0.29, 0.717) is 13.0 Å². The average molecular weight is 174 g/mol. The van der Waals surface area contributed by atoms with Crippen molar-refractivity contribution < 1.29 is 14.7 Å². The number of carboxylic acids is 1. The lowest BCUT2D eigenvalue weighted by molar-refractivity contribution is -0.138. The van der Waals surface area contributed by atoms with Crippen LogP contribution in [-0.4, -0.2) is 36.0 Å². The third kappa shape index (κ3) is 5.82. The van der Waals surface area contributed by atoms with Gasteiger partial charge in [-0.15, -0.1) is 0 Å². The minimum Gasteiger partial charge on any atom is -0.480 e. The van der Waals surface area contributed by atoms with E-state index >= 15 is 0 Å². The molecule has 0 amide bonds. The molecule has 0 aliphatic rings. The van der Waals surface area contributed by atoms with Crippen molar-refractivity contribution >= 4 is 11.8 Å². The van der Waals surface area contributed by atoms with Crippen LogP contribution in [0, 0.1) is 0 Å². The molecule has 0 aliphatic heterocycles. The summed E-state index contributed by atoms with van der Waals surface area (Å²) in [6.07, 6.45) is 0.336. The Labute approximate surface area is 70.9 Å². The number of carbonyl (C=O) groups excluding carboxylic acids is 1. The van der Waals surface area contributed by atoms with Gasteiger partial charge in [-0.2, -0.15) is 0 Å². The normalized spacial score (nSPS) is 12.5. The highest BCUT2D eigenvalue weighted by Gasteiger charge is 2.09. The van der Waals surface area contributed by atoms with Gasteiger partial charge in [0.2, 0.25) is 0 Å². The molecule has 5 heteroatoms. The van der Waals surface area contributed by atoms with Gasteiger partial charge in [0.05, 0.1) is 6.54 Å². The fourth-order valence-corrected chi connectivity index (χ4v) is 0.645. The maximum atomic E-state index is 10.4. The predicted molar refractivity (Wildman–Crippen MR) is 43.8 cm³/mol. The second kappa shape index (κ2) is 5.68. The lowest BCUT2D eigenvalue weighted by atomic mass is 10.2. The Morgan fingerprint density at radius 1 is 1.58 bits per heavy atom. The molecule has 0 aromatic rings. The number of rotatable bonds is 6. The predicted octanol–water partition coefficient (Wildman–Crippen LogP) is -1.03. The summed E-state index contributed by atoms with van der Waals surface area (Å²) in [5, 5.41) is 11.1. The fraction of sp³-hybridized carbons (Fsp3) is 0.714. The highest BCUT2D eigenvalue weighted by Crippen LogP contribution is 1.85. The number of Topliss-reactive ketones (excluding diaryl/α,β-unsaturated/α-hetero) is 1. The van der Waals surface area contributed by atoms with Crippen LogP contribution in [0.2, 0.25) is 0 Å². The first-order valence-corrected chi connectivity index (χ1v) is 3.72. The molecule has 0 aliphatic carbocycles. The highest BCUT2D eigenvalue weighted by atomic mass is 16.4. The minimum atomic E-state index is -1.01. The molecule has 0 radical (unpaired) electrons. The largest absolute Gasteiger partial charge is 0.480 e. The molecule has 1 atom stereocenters. The standard InChI is InChI=1S/C7H14N2O3/c1-5(10)4-9-3-2-6(8)7(11)12/h6,9H,2-4,8H2,1H3,(H,11,12)/t6-/m0/s1. The quantitative estimate of drug-likeness (QED) is 0.448. The molecule has 4 N–H and O–H groups in total. The number of nitrogens with one attached hydrogen (secondary N) is 1. The number of ketones is 1. The van der Waals surface area contributed by atoms with Crippen molar-refractivity contribution in [2.75, 3.05) is 13.1 Å². The van der Waals surface area contributed by atoms with Crippen LogP contribution in [0.1, 0.15) is 13.3 Å². The van der Waals surface area contributed by atoms with Gasteiger partial charge >= 0.3 is 5.97 Å². The molecule has 0 fully saturated rings. The molecule has 0 saturated heterocycles. The van der Waals surface area contributed by atoms with Gasteiger partial charge < -0.3 is 16.2 Å². The first-order valence-electron chi connectivity index (χ1n) is 3.72. The van der Waals surface area contributed by atoms with Gasteiger partial charge in [-0.1, -0.05) is 0 Å². The summed E-state index contributed by atoms with van der Waals surface area (Å²) in [7, 11) is 0. The highest BCUT2D eigenvalue weighted by molar-refractivity contribution is 5.77. The molecule has 0 unspecified atom stereocenters. The van der Waals surface area contributed by atoms with Gasteiger partial charge in [-0.25, -0.2) is 0 Å². The summed E-state index contributed by atoms with van der Waals surface area (Å²) >= 11 is 0. The molecule has 0 heterocycles. The van der Waals surface area contributed by atoms with Crippen LogP contribution in [0.5, 0.6) is 0 Å². The monoisotopic (exact) mass is 174 g/mol. The molecule has 12 heavy (non-hydrogen) atoms. The smallest absolute Gasteiger partial charge is 0.320 e. The van der Waals surface area contributed by atoms with Crippen molar-refractivity contribution in [1.82, 2.24) is 5.32 Å². The molecule has 70 valence electrons. The second-order valence-corrected chi connectivity index (χ2v) is 2.61. The topological polar surface area (TPSA) is 92.4 Å². The van der Waals surface area contributed by atoms with Crippen LogP contribution >= 0.6 is 0 Å². The first-order chi connectivity index (χ1) is 5.54. The van der Waals surface area contributed by atoms with E-state index in [1.165, 1.54) is 6.92 Å². The third-order valence-corrected chi connectivity index (χ3v) is 1.32. The number of aliphatic carboxylic acids is 1. The van der Waals surface area contributed by atoms with E-state index in [0.717, 1.165) is 0 Å². The molecule has 0 saturated carbocycles. The van der Waals surface area contributed by atoms with Gasteiger partial charge in [-0.3, -0.25) is 9.59 Å². The van der Waals surface area contributed by atoms with Gasteiger partial charge in [0.15, 0.2) is 0 Å². The lowest BCUT2D eigenvalue weighted by Gasteiger charge is -2.05. The maximum absolute atomic E-state index is 10.4. The zero-order valence-corrected chi connectivity index (χ0v) is 7.04. The SMILES string of the molecule is CC(=O)CNCC[C@H](N)C(=O)O. The van der Waals surface area contributed by atoms with Crippen molar-refractivity contribution in [3.05, 3.63) is 0 Å². The van der Waals surface area contributed by atoms with Crippen molar-refractivity contribution in [1.29, 1.82) is 0 Å². The second-order valence-electron chi connectivity index (χ2n) is 2.61. The molecular formula is C7H14N2O3. The number of carboxylic acid groups (broad SMARTS) is 1. The van der Waals surface area contributed by atoms with E-state index in [1.807, 2.05) is 0 Å². The summed E-state index contributed by atoms with van der Waals surface area (Å²) in [6.45, 7) is 2.18. The van der Waals surface area contributed by atoms with Crippen LogP contribution in [0.25, 0.3) is 0 Å². The number of hydrogen-bond donors (Lipinski definition) is 3. The van der Waals surface area contributed by atoms with E-state index in [1.54, 1.807) is 0 Å². The van der Waals surface area contributed by atoms with Crippen molar-refractivity contribution in [3.63, 3.8) is 0 Å². The lowest BCUT2D eigenvalue weighted by Crippen LogP contribution is -2.34. The van der Waals surface area contributed by atoms with Crippen molar-refractivity contribution in [2.24, 2.45) is 5.73 Å². The Kier molecular flexibility index (Phi) is 5.23. The molecular weight excluding hydrogens is 160 g/mol.